The van der Waals surface area contributed by atoms with Crippen LogP contribution in [0, 0.1) is 0 Å². The topological polar surface area (TPSA) is 57.2 Å². The fourth-order valence-electron chi connectivity index (χ4n) is 3.91. The Kier molecular flexibility index (Phi) is 6.04. The highest BCUT2D eigenvalue weighted by Crippen LogP contribution is 2.38. The average Bonchev–Trinajstić information content (AvgIpc) is 2.88. The van der Waals surface area contributed by atoms with Crippen LogP contribution in [0.5, 0.6) is 0 Å². The van der Waals surface area contributed by atoms with Crippen LogP contribution >= 0.6 is 0 Å². The summed E-state index contributed by atoms with van der Waals surface area (Å²) >= 11 is 0. The van der Waals surface area contributed by atoms with Gasteiger partial charge >= 0.3 is 13.2 Å². The minimum Gasteiger partial charge on any atom is -0.444 e. The molecule has 0 aromatic heterocycles. The van der Waals surface area contributed by atoms with Crippen molar-refractivity contribution in [1.82, 2.24) is 4.90 Å². The maximum absolute atomic E-state index is 12.4. The Balaban J connectivity index is 1.69. The van der Waals surface area contributed by atoms with Crippen molar-refractivity contribution in [1.29, 1.82) is 0 Å². The SMILES string of the molecule is COC1(c2ccc(B3OC(C)(C)C(C)(C)O3)cc2)CCN(C(=O)OC(C)(C)C)CC1. The quantitative estimate of drug-likeness (QED) is 0.700. The Labute approximate surface area is 181 Å². The van der Waals surface area contributed by atoms with E-state index in [1.54, 1.807) is 12.0 Å². The predicted octanol–water partition coefficient (Wildman–Crippen LogP) is 3.86. The lowest BCUT2D eigenvalue weighted by molar-refractivity contribution is -0.0650. The van der Waals surface area contributed by atoms with Crippen molar-refractivity contribution < 1.29 is 23.6 Å². The Hall–Kier alpha value is -1.57. The standard InChI is InChI=1S/C23H36BNO5/c1-20(2,3)28-19(26)25-15-13-23(27-8,14-16-25)17-9-11-18(12-10-17)24-29-21(4,5)22(6,7)30-24/h9-12H,13-16H2,1-8H3. The zero-order valence-electron chi connectivity index (χ0n) is 19.7. The molecule has 0 bridgehead atoms. The molecule has 7 heteroatoms. The van der Waals surface area contributed by atoms with Crippen LogP contribution in [-0.4, -0.2) is 55.1 Å². The number of hydrogen-bond donors (Lipinski definition) is 0. The van der Waals surface area contributed by atoms with Gasteiger partial charge in [-0.25, -0.2) is 4.79 Å². The lowest BCUT2D eigenvalue weighted by Gasteiger charge is -2.41. The van der Waals surface area contributed by atoms with Crippen LogP contribution in [-0.2, 0) is 24.4 Å². The van der Waals surface area contributed by atoms with Crippen LogP contribution in [0.15, 0.2) is 24.3 Å². The highest BCUT2D eigenvalue weighted by atomic mass is 16.7. The largest absolute Gasteiger partial charge is 0.494 e. The molecule has 0 aliphatic carbocycles. The number of carbonyl (C=O) groups excluding carboxylic acids is 1. The summed E-state index contributed by atoms with van der Waals surface area (Å²) in [6.45, 7) is 15.1. The van der Waals surface area contributed by atoms with E-state index in [0.717, 1.165) is 23.9 Å². The second kappa shape index (κ2) is 7.84. The molecule has 1 amide bonds. The molecule has 2 saturated heterocycles. The third kappa shape index (κ3) is 4.53. The number of benzene rings is 1. The van der Waals surface area contributed by atoms with E-state index in [2.05, 4.69) is 52.0 Å². The summed E-state index contributed by atoms with van der Waals surface area (Å²) in [6, 6.07) is 8.29. The highest BCUT2D eigenvalue weighted by molar-refractivity contribution is 6.62. The summed E-state index contributed by atoms with van der Waals surface area (Å²) in [4.78, 5) is 14.1. The second-order valence-electron chi connectivity index (χ2n) is 10.4. The molecular formula is C23H36BNO5. The molecule has 2 aliphatic heterocycles. The van der Waals surface area contributed by atoms with Gasteiger partial charge in [0.25, 0.3) is 0 Å². The fourth-order valence-corrected chi connectivity index (χ4v) is 3.91. The van der Waals surface area contributed by atoms with Crippen molar-refractivity contribution in [3.8, 4) is 0 Å². The summed E-state index contributed by atoms with van der Waals surface area (Å²) in [5.41, 5.74) is 0.476. The van der Waals surface area contributed by atoms with Gasteiger partial charge in [0.2, 0.25) is 0 Å². The van der Waals surface area contributed by atoms with Crippen molar-refractivity contribution in [2.24, 2.45) is 0 Å². The van der Waals surface area contributed by atoms with Crippen LogP contribution in [0.3, 0.4) is 0 Å². The summed E-state index contributed by atoms with van der Waals surface area (Å²) in [5.74, 6) is 0. The van der Waals surface area contributed by atoms with Crippen LogP contribution in [0.2, 0.25) is 0 Å². The Morgan fingerprint density at radius 2 is 1.50 bits per heavy atom. The lowest BCUT2D eigenvalue weighted by Crippen LogP contribution is -2.47. The molecule has 0 atom stereocenters. The molecule has 30 heavy (non-hydrogen) atoms. The number of likely N-dealkylation sites (tertiary alicyclic amines) is 1. The number of rotatable bonds is 3. The molecule has 1 aromatic rings. The molecule has 0 unspecified atom stereocenters. The number of hydrogen-bond acceptors (Lipinski definition) is 5. The minimum absolute atomic E-state index is 0.261. The first-order valence-corrected chi connectivity index (χ1v) is 10.8. The normalized spacial score (nSPS) is 22.8. The molecular weight excluding hydrogens is 381 g/mol. The number of piperidine rings is 1. The first kappa shape index (κ1) is 23.1. The van der Waals surface area contributed by atoms with Crippen LogP contribution in [0.4, 0.5) is 4.79 Å². The number of amides is 1. The smallest absolute Gasteiger partial charge is 0.444 e. The fraction of sp³-hybridized carbons (Fsp3) is 0.696. The van der Waals surface area contributed by atoms with E-state index in [-0.39, 0.29) is 24.4 Å². The highest BCUT2D eigenvalue weighted by Gasteiger charge is 2.51. The van der Waals surface area contributed by atoms with Crippen molar-refractivity contribution in [3.05, 3.63) is 29.8 Å². The van der Waals surface area contributed by atoms with E-state index in [1.165, 1.54) is 0 Å². The van der Waals surface area contributed by atoms with Gasteiger partial charge in [0.1, 0.15) is 5.60 Å². The Morgan fingerprint density at radius 1 is 1.00 bits per heavy atom. The maximum Gasteiger partial charge on any atom is 0.494 e. The van der Waals surface area contributed by atoms with E-state index >= 15 is 0 Å². The Bertz CT molecular complexity index is 745. The van der Waals surface area contributed by atoms with Crippen molar-refractivity contribution in [3.63, 3.8) is 0 Å². The third-order valence-electron chi connectivity index (χ3n) is 6.58. The molecule has 1 aromatic carbocycles. The minimum atomic E-state index is -0.490. The monoisotopic (exact) mass is 417 g/mol. The summed E-state index contributed by atoms with van der Waals surface area (Å²) in [7, 11) is 1.36. The summed E-state index contributed by atoms with van der Waals surface area (Å²) in [5, 5.41) is 0. The summed E-state index contributed by atoms with van der Waals surface area (Å²) < 4.78 is 23.8. The van der Waals surface area contributed by atoms with Crippen LogP contribution < -0.4 is 5.46 Å². The van der Waals surface area contributed by atoms with Gasteiger partial charge in [-0.05, 0) is 72.3 Å². The van der Waals surface area contributed by atoms with Crippen molar-refractivity contribution >= 4 is 18.7 Å². The van der Waals surface area contributed by atoms with Gasteiger partial charge in [0, 0.05) is 20.2 Å². The molecule has 6 nitrogen and oxygen atoms in total. The predicted molar refractivity (Wildman–Crippen MR) is 118 cm³/mol. The van der Waals surface area contributed by atoms with E-state index < -0.39 is 11.2 Å². The van der Waals surface area contributed by atoms with Gasteiger partial charge in [-0.2, -0.15) is 0 Å². The van der Waals surface area contributed by atoms with E-state index in [0.29, 0.717) is 13.1 Å². The molecule has 3 rings (SSSR count). The zero-order chi connectivity index (χ0) is 22.4. The van der Waals surface area contributed by atoms with E-state index in [9.17, 15) is 4.79 Å². The molecule has 0 saturated carbocycles. The molecule has 2 fully saturated rings. The van der Waals surface area contributed by atoms with Gasteiger partial charge < -0.3 is 23.7 Å². The number of ether oxygens (including phenoxy) is 2. The molecule has 0 radical (unpaired) electrons. The second-order valence-corrected chi connectivity index (χ2v) is 10.4. The number of carbonyl (C=O) groups is 1. The van der Waals surface area contributed by atoms with E-state index in [1.807, 2.05) is 20.8 Å². The van der Waals surface area contributed by atoms with Gasteiger partial charge in [0.15, 0.2) is 0 Å². The Morgan fingerprint density at radius 3 is 1.93 bits per heavy atom. The first-order chi connectivity index (χ1) is 13.8. The molecule has 2 aliphatic rings. The zero-order valence-corrected chi connectivity index (χ0v) is 19.7. The number of nitrogens with zero attached hydrogens (tertiary/aromatic N) is 1. The number of methoxy groups -OCH3 is 1. The van der Waals surface area contributed by atoms with Gasteiger partial charge in [-0.15, -0.1) is 0 Å². The van der Waals surface area contributed by atoms with Gasteiger partial charge in [-0.1, -0.05) is 24.3 Å². The first-order valence-electron chi connectivity index (χ1n) is 10.8. The van der Waals surface area contributed by atoms with Gasteiger partial charge in [-0.3, -0.25) is 0 Å². The molecule has 2 heterocycles. The lowest BCUT2D eigenvalue weighted by atomic mass is 9.76. The van der Waals surface area contributed by atoms with Crippen LogP contribution in [0.25, 0.3) is 0 Å². The van der Waals surface area contributed by atoms with E-state index in [4.69, 9.17) is 18.8 Å². The summed E-state index contributed by atoms with van der Waals surface area (Å²) in [6.07, 6.45) is 1.18. The molecule has 0 N–H and O–H groups in total. The van der Waals surface area contributed by atoms with Crippen LogP contribution in [0.1, 0.15) is 66.9 Å². The maximum atomic E-state index is 12.4. The third-order valence-corrected chi connectivity index (χ3v) is 6.58. The average molecular weight is 417 g/mol. The molecule has 0 spiro atoms. The van der Waals surface area contributed by atoms with Crippen molar-refractivity contribution in [2.45, 2.75) is 83.7 Å². The van der Waals surface area contributed by atoms with Gasteiger partial charge in [0.05, 0.1) is 16.8 Å². The van der Waals surface area contributed by atoms with Crippen molar-refractivity contribution in [2.75, 3.05) is 20.2 Å². The molecule has 166 valence electrons.